The molecule has 0 radical (unpaired) electrons. The zero-order valence-electron chi connectivity index (χ0n) is 11.0. The minimum Gasteiger partial charge on any atom is -0.495 e. The molecule has 0 unspecified atom stereocenters. The molecule has 5 nitrogen and oxygen atoms in total. The van der Waals surface area contributed by atoms with E-state index in [-0.39, 0.29) is 5.56 Å². The van der Waals surface area contributed by atoms with Gasteiger partial charge in [0.2, 0.25) is 0 Å². The number of hydrogen-bond donors (Lipinski definition) is 2. The van der Waals surface area contributed by atoms with Crippen LogP contribution in [0.15, 0.2) is 30.3 Å². The fourth-order valence-corrected chi connectivity index (χ4v) is 2.01. The number of halogens is 1. The highest BCUT2D eigenvalue weighted by Gasteiger charge is 2.08. The first-order valence-corrected chi connectivity index (χ1v) is 6.20. The highest BCUT2D eigenvalue weighted by molar-refractivity contribution is 6.32. The molecule has 0 aliphatic carbocycles. The van der Waals surface area contributed by atoms with Crippen LogP contribution < -0.4 is 10.1 Å². The molecule has 1 heterocycles. The van der Waals surface area contributed by atoms with E-state index in [2.05, 4.69) is 10.3 Å². The molecule has 0 fully saturated rings. The van der Waals surface area contributed by atoms with Crippen molar-refractivity contribution >= 4 is 29.1 Å². The van der Waals surface area contributed by atoms with Crippen molar-refractivity contribution in [1.82, 2.24) is 4.98 Å². The Kier molecular flexibility index (Phi) is 4.10. The quantitative estimate of drug-likeness (QED) is 0.902. The van der Waals surface area contributed by atoms with Gasteiger partial charge in [0.15, 0.2) is 0 Å². The lowest BCUT2D eigenvalue weighted by atomic mass is 10.2. The Morgan fingerprint density at radius 2 is 2.10 bits per heavy atom. The van der Waals surface area contributed by atoms with Gasteiger partial charge in [-0.25, -0.2) is 9.78 Å². The number of hydrogen-bond acceptors (Lipinski definition) is 4. The molecule has 1 aromatic carbocycles. The van der Waals surface area contributed by atoms with E-state index < -0.39 is 5.97 Å². The molecule has 2 aromatic rings. The number of carboxylic acid groups (broad SMARTS) is 1. The lowest BCUT2D eigenvalue weighted by Gasteiger charge is -2.09. The molecule has 6 heteroatoms. The SMILES string of the molecule is COc1ccc(Nc2cc(C(=O)O)cc(C)n2)cc1Cl. The van der Waals surface area contributed by atoms with Crippen molar-refractivity contribution in [3.8, 4) is 5.75 Å². The number of carboxylic acids is 1. The van der Waals surface area contributed by atoms with Crippen LogP contribution in [-0.4, -0.2) is 23.2 Å². The van der Waals surface area contributed by atoms with E-state index in [1.807, 2.05) is 0 Å². The minimum absolute atomic E-state index is 0.180. The summed E-state index contributed by atoms with van der Waals surface area (Å²) in [6.07, 6.45) is 0. The lowest BCUT2D eigenvalue weighted by Crippen LogP contribution is -2.02. The highest BCUT2D eigenvalue weighted by Crippen LogP contribution is 2.28. The molecule has 20 heavy (non-hydrogen) atoms. The van der Waals surface area contributed by atoms with Gasteiger partial charge in [-0.15, -0.1) is 0 Å². The third kappa shape index (κ3) is 3.19. The van der Waals surface area contributed by atoms with Crippen LogP contribution in [0.2, 0.25) is 5.02 Å². The Balaban J connectivity index is 2.30. The van der Waals surface area contributed by atoms with Crippen molar-refractivity contribution in [3.63, 3.8) is 0 Å². The van der Waals surface area contributed by atoms with E-state index in [4.69, 9.17) is 21.4 Å². The summed E-state index contributed by atoms with van der Waals surface area (Å²) in [7, 11) is 1.54. The van der Waals surface area contributed by atoms with E-state index in [0.717, 1.165) is 0 Å². The second-order valence-corrected chi connectivity index (χ2v) is 4.57. The number of aromatic carboxylic acids is 1. The summed E-state index contributed by atoms with van der Waals surface area (Å²) in [4.78, 5) is 15.2. The van der Waals surface area contributed by atoms with Crippen LogP contribution in [0, 0.1) is 6.92 Å². The molecule has 0 bridgehead atoms. The number of aromatic nitrogens is 1. The molecule has 1 aromatic heterocycles. The predicted octanol–water partition coefficient (Wildman–Crippen LogP) is 3.49. The van der Waals surface area contributed by atoms with Gasteiger partial charge in [-0.05, 0) is 37.3 Å². The molecule has 0 aliphatic rings. The number of aryl methyl sites for hydroxylation is 1. The second kappa shape index (κ2) is 5.79. The average Bonchev–Trinajstić information content (AvgIpc) is 2.38. The Bertz CT molecular complexity index is 659. The van der Waals surface area contributed by atoms with Gasteiger partial charge in [0.25, 0.3) is 0 Å². The van der Waals surface area contributed by atoms with Gasteiger partial charge in [-0.2, -0.15) is 0 Å². The second-order valence-electron chi connectivity index (χ2n) is 4.16. The Morgan fingerprint density at radius 3 is 2.70 bits per heavy atom. The fourth-order valence-electron chi connectivity index (χ4n) is 1.75. The van der Waals surface area contributed by atoms with Gasteiger partial charge in [-0.1, -0.05) is 11.6 Å². The van der Waals surface area contributed by atoms with Crippen molar-refractivity contribution < 1.29 is 14.6 Å². The zero-order chi connectivity index (χ0) is 14.7. The number of ether oxygens (including phenoxy) is 1. The highest BCUT2D eigenvalue weighted by atomic mass is 35.5. The van der Waals surface area contributed by atoms with Crippen LogP contribution in [0.5, 0.6) is 5.75 Å². The van der Waals surface area contributed by atoms with Crippen molar-refractivity contribution in [1.29, 1.82) is 0 Å². The summed E-state index contributed by atoms with van der Waals surface area (Å²) in [5, 5.41) is 12.5. The summed E-state index contributed by atoms with van der Waals surface area (Å²) in [6.45, 7) is 1.73. The maximum atomic E-state index is 11.0. The van der Waals surface area contributed by atoms with Crippen LogP contribution >= 0.6 is 11.6 Å². The topological polar surface area (TPSA) is 71.5 Å². The van der Waals surface area contributed by atoms with Crippen LogP contribution in [0.4, 0.5) is 11.5 Å². The molecule has 2 N–H and O–H groups in total. The van der Waals surface area contributed by atoms with Crippen molar-refractivity contribution in [2.45, 2.75) is 6.92 Å². The van der Waals surface area contributed by atoms with E-state index in [0.29, 0.717) is 28.0 Å². The van der Waals surface area contributed by atoms with Gasteiger partial charge < -0.3 is 15.2 Å². The molecular formula is C14H13ClN2O3. The lowest BCUT2D eigenvalue weighted by molar-refractivity contribution is 0.0696. The fraction of sp³-hybridized carbons (Fsp3) is 0.143. The van der Waals surface area contributed by atoms with Crippen molar-refractivity contribution in [2.24, 2.45) is 0 Å². The number of nitrogens with one attached hydrogen (secondary N) is 1. The number of benzene rings is 1. The smallest absolute Gasteiger partial charge is 0.335 e. The number of pyridine rings is 1. The molecule has 0 atom stereocenters. The summed E-state index contributed by atoms with van der Waals surface area (Å²) >= 11 is 6.03. The molecule has 0 saturated heterocycles. The van der Waals surface area contributed by atoms with Crippen molar-refractivity contribution in [3.05, 3.63) is 46.6 Å². The summed E-state index contributed by atoms with van der Waals surface area (Å²) in [5.41, 5.74) is 1.50. The monoisotopic (exact) mass is 292 g/mol. The zero-order valence-corrected chi connectivity index (χ0v) is 11.7. The van der Waals surface area contributed by atoms with E-state index in [1.54, 1.807) is 25.1 Å². The van der Waals surface area contributed by atoms with E-state index in [1.165, 1.54) is 19.2 Å². The molecule has 2 rings (SSSR count). The van der Waals surface area contributed by atoms with Gasteiger partial charge in [0, 0.05) is 11.4 Å². The number of carbonyl (C=O) groups is 1. The van der Waals surface area contributed by atoms with Gasteiger partial charge in [0.05, 0.1) is 17.7 Å². The molecule has 104 valence electrons. The molecule has 0 amide bonds. The maximum absolute atomic E-state index is 11.0. The maximum Gasteiger partial charge on any atom is 0.335 e. The first-order valence-electron chi connectivity index (χ1n) is 5.82. The number of nitrogens with zero attached hydrogens (tertiary/aromatic N) is 1. The van der Waals surface area contributed by atoms with Gasteiger partial charge in [0.1, 0.15) is 11.6 Å². The Morgan fingerprint density at radius 1 is 1.35 bits per heavy atom. The van der Waals surface area contributed by atoms with Crippen LogP contribution in [0.3, 0.4) is 0 Å². The van der Waals surface area contributed by atoms with E-state index >= 15 is 0 Å². The first kappa shape index (κ1) is 14.1. The third-order valence-corrected chi connectivity index (χ3v) is 2.92. The predicted molar refractivity (Wildman–Crippen MR) is 77.2 cm³/mol. The average molecular weight is 293 g/mol. The van der Waals surface area contributed by atoms with Gasteiger partial charge >= 0.3 is 5.97 Å². The number of rotatable bonds is 4. The Hall–Kier alpha value is -2.27. The van der Waals surface area contributed by atoms with Crippen molar-refractivity contribution in [2.75, 3.05) is 12.4 Å². The number of methoxy groups -OCH3 is 1. The molecule has 0 aliphatic heterocycles. The summed E-state index contributed by atoms with van der Waals surface area (Å²) in [5.74, 6) is 0.0237. The summed E-state index contributed by atoms with van der Waals surface area (Å²) < 4.78 is 5.07. The Labute approximate surface area is 121 Å². The van der Waals surface area contributed by atoms with Crippen LogP contribution in [0.25, 0.3) is 0 Å². The first-order chi connectivity index (χ1) is 9.49. The third-order valence-electron chi connectivity index (χ3n) is 2.62. The molecular weight excluding hydrogens is 280 g/mol. The van der Waals surface area contributed by atoms with Gasteiger partial charge in [-0.3, -0.25) is 0 Å². The van der Waals surface area contributed by atoms with Crippen LogP contribution in [-0.2, 0) is 0 Å². The summed E-state index contributed by atoms with van der Waals surface area (Å²) in [6, 6.07) is 8.15. The standard InChI is InChI=1S/C14H13ClN2O3/c1-8-5-9(14(18)19)6-13(16-8)17-10-3-4-12(20-2)11(15)7-10/h3-7H,1-2H3,(H,16,17)(H,18,19). The minimum atomic E-state index is -0.994. The number of anilines is 2. The van der Waals surface area contributed by atoms with E-state index in [9.17, 15) is 4.79 Å². The molecule has 0 spiro atoms. The molecule has 0 saturated carbocycles. The normalized spacial score (nSPS) is 10.2. The largest absolute Gasteiger partial charge is 0.495 e. The van der Waals surface area contributed by atoms with Crippen LogP contribution in [0.1, 0.15) is 16.1 Å².